The summed E-state index contributed by atoms with van der Waals surface area (Å²) in [6, 6.07) is 11.1. The summed E-state index contributed by atoms with van der Waals surface area (Å²) in [4.78, 5) is 35.2. The third-order valence-electron chi connectivity index (χ3n) is 6.23. The topological polar surface area (TPSA) is 107 Å². The number of amides is 2. The third kappa shape index (κ3) is 5.35. The average molecular weight is 478 g/mol. The second-order valence-corrected chi connectivity index (χ2v) is 8.36. The van der Waals surface area contributed by atoms with Crippen molar-refractivity contribution >= 4 is 11.8 Å². The normalized spacial score (nSPS) is 14.5. The van der Waals surface area contributed by atoms with E-state index in [-0.39, 0.29) is 30.5 Å². The maximum absolute atomic E-state index is 13.3. The van der Waals surface area contributed by atoms with Gasteiger partial charge in [0.1, 0.15) is 5.69 Å². The molecule has 184 valence electrons. The van der Waals surface area contributed by atoms with E-state index >= 15 is 0 Å². The summed E-state index contributed by atoms with van der Waals surface area (Å²) in [7, 11) is 1.53. The van der Waals surface area contributed by atoms with Crippen molar-refractivity contribution in [3.05, 3.63) is 77.0 Å². The van der Waals surface area contributed by atoms with Gasteiger partial charge in [-0.05, 0) is 24.5 Å². The Kier molecular flexibility index (Phi) is 7.77. The molecule has 2 amide bonds. The Morgan fingerprint density at radius 1 is 1.06 bits per heavy atom. The Morgan fingerprint density at radius 3 is 2.46 bits per heavy atom. The SMILES string of the molecule is CCC(NC(=O)c1cc(C(=O)NC(CC)c2cnc(OC)cn2)n2c1COCC2)c1ccccc1. The molecule has 1 aromatic carbocycles. The Balaban J connectivity index is 1.57. The minimum atomic E-state index is -0.327. The fourth-order valence-corrected chi connectivity index (χ4v) is 4.28. The Morgan fingerprint density at radius 2 is 1.80 bits per heavy atom. The van der Waals surface area contributed by atoms with Crippen LogP contribution in [0.3, 0.4) is 0 Å². The van der Waals surface area contributed by atoms with Gasteiger partial charge in [-0.15, -0.1) is 0 Å². The quantitative estimate of drug-likeness (QED) is 0.488. The molecular formula is C26H31N5O4. The van der Waals surface area contributed by atoms with Crippen LogP contribution in [0.5, 0.6) is 5.88 Å². The molecule has 35 heavy (non-hydrogen) atoms. The molecule has 0 aliphatic carbocycles. The molecule has 1 aliphatic rings. The van der Waals surface area contributed by atoms with Crippen molar-refractivity contribution in [2.75, 3.05) is 13.7 Å². The molecule has 2 N–H and O–H groups in total. The molecule has 1 aliphatic heterocycles. The number of nitrogens with zero attached hydrogens (tertiary/aromatic N) is 3. The standard InChI is InChI=1S/C26H31N5O4/c1-4-19(17-9-7-6-8-10-17)29-25(32)18-13-22(31-11-12-35-16-23(18)31)26(33)30-20(5-2)21-14-28-24(34-3)15-27-21/h6-10,13-15,19-20H,4-5,11-12,16H2,1-3H3,(H,29,32)(H,30,33). The van der Waals surface area contributed by atoms with Crippen LogP contribution < -0.4 is 15.4 Å². The number of methoxy groups -OCH3 is 1. The number of hydrogen-bond acceptors (Lipinski definition) is 6. The van der Waals surface area contributed by atoms with Gasteiger partial charge in [-0.2, -0.15) is 0 Å². The zero-order valence-corrected chi connectivity index (χ0v) is 20.3. The highest BCUT2D eigenvalue weighted by Crippen LogP contribution is 2.24. The van der Waals surface area contributed by atoms with Gasteiger partial charge in [0.25, 0.3) is 11.8 Å². The number of aromatic nitrogens is 3. The number of hydrogen-bond donors (Lipinski definition) is 2. The van der Waals surface area contributed by atoms with E-state index in [1.165, 1.54) is 13.3 Å². The number of ether oxygens (including phenoxy) is 2. The van der Waals surface area contributed by atoms with Crippen molar-refractivity contribution in [1.82, 2.24) is 25.2 Å². The first-order chi connectivity index (χ1) is 17.0. The van der Waals surface area contributed by atoms with E-state index in [0.29, 0.717) is 48.1 Å². The van der Waals surface area contributed by atoms with Gasteiger partial charge in [0, 0.05) is 6.54 Å². The second kappa shape index (κ2) is 11.1. The molecule has 9 heteroatoms. The van der Waals surface area contributed by atoms with Crippen molar-refractivity contribution in [2.45, 2.75) is 51.9 Å². The highest BCUT2D eigenvalue weighted by Gasteiger charge is 2.28. The maximum Gasteiger partial charge on any atom is 0.268 e. The fourth-order valence-electron chi connectivity index (χ4n) is 4.28. The third-order valence-corrected chi connectivity index (χ3v) is 6.23. The van der Waals surface area contributed by atoms with Crippen LogP contribution in [0.15, 0.2) is 48.8 Å². The Hall–Kier alpha value is -3.72. The van der Waals surface area contributed by atoms with Crippen molar-refractivity contribution in [2.24, 2.45) is 0 Å². The highest BCUT2D eigenvalue weighted by atomic mass is 16.5. The molecule has 0 radical (unpaired) electrons. The van der Waals surface area contributed by atoms with Gasteiger partial charge in [-0.3, -0.25) is 14.6 Å². The number of carbonyl (C=O) groups excluding carboxylic acids is 2. The van der Waals surface area contributed by atoms with E-state index in [0.717, 1.165) is 12.0 Å². The van der Waals surface area contributed by atoms with Crippen LogP contribution in [-0.2, 0) is 17.9 Å². The number of fused-ring (bicyclic) bond motifs is 1. The van der Waals surface area contributed by atoms with E-state index in [1.807, 2.05) is 48.7 Å². The van der Waals surface area contributed by atoms with Gasteiger partial charge in [-0.25, -0.2) is 4.98 Å². The molecule has 0 spiro atoms. The average Bonchev–Trinajstić information content (AvgIpc) is 3.31. The fraction of sp³-hybridized carbons (Fsp3) is 0.385. The minimum Gasteiger partial charge on any atom is -0.480 e. The summed E-state index contributed by atoms with van der Waals surface area (Å²) >= 11 is 0. The van der Waals surface area contributed by atoms with E-state index < -0.39 is 0 Å². The van der Waals surface area contributed by atoms with Crippen molar-refractivity contribution in [1.29, 1.82) is 0 Å². The second-order valence-electron chi connectivity index (χ2n) is 8.36. The summed E-state index contributed by atoms with van der Waals surface area (Å²) in [5.74, 6) is -0.0824. The molecule has 0 fully saturated rings. The van der Waals surface area contributed by atoms with Gasteiger partial charge >= 0.3 is 0 Å². The molecule has 4 rings (SSSR count). The number of rotatable bonds is 9. The first kappa shape index (κ1) is 24.4. The lowest BCUT2D eigenvalue weighted by Gasteiger charge is -2.21. The molecule has 0 saturated heterocycles. The predicted molar refractivity (Wildman–Crippen MR) is 130 cm³/mol. The van der Waals surface area contributed by atoms with E-state index in [2.05, 4.69) is 20.6 Å². The highest BCUT2D eigenvalue weighted by molar-refractivity contribution is 6.01. The van der Waals surface area contributed by atoms with Crippen LogP contribution in [0.1, 0.15) is 76.6 Å². The smallest absolute Gasteiger partial charge is 0.268 e. The summed E-state index contributed by atoms with van der Waals surface area (Å²) in [6.45, 7) is 5.25. The molecule has 3 heterocycles. The Labute approximate surface area is 204 Å². The zero-order chi connectivity index (χ0) is 24.8. The van der Waals surface area contributed by atoms with Crippen molar-refractivity contribution in [3.8, 4) is 5.88 Å². The number of carbonyl (C=O) groups is 2. The first-order valence-corrected chi connectivity index (χ1v) is 11.9. The number of benzene rings is 1. The summed E-state index contributed by atoms with van der Waals surface area (Å²) < 4.78 is 12.6. The molecule has 2 unspecified atom stereocenters. The van der Waals surface area contributed by atoms with Crippen LogP contribution in [0.2, 0.25) is 0 Å². The maximum atomic E-state index is 13.3. The molecule has 9 nitrogen and oxygen atoms in total. The molecule has 0 saturated carbocycles. The summed E-state index contributed by atoms with van der Waals surface area (Å²) in [6.07, 6.45) is 4.50. The summed E-state index contributed by atoms with van der Waals surface area (Å²) in [5.41, 5.74) is 3.28. The molecule has 2 aromatic heterocycles. The van der Waals surface area contributed by atoms with Crippen LogP contribution in [0.4, 0.5) is 0 Å². The van der Waals surface area contributed by atoms with E-state index in [9.17, 15) is 9.59 Å². The Bertz CT molecular complexity index is 1160. The first-order valence-electron chi connectivity index (χ1n) is 11.9. The lowest BCUT2D eigenvalue weighted by atomic mass is 10.0. The molecular weight excluding hydrogens is 446 g/mol. The lowest BCUT2D eigenvalue weighted by molar-refractivity contribution is 0.0773. The largest absolute Gasteiger partial charge is 0.480 e. The van der Waals surface area contributed by atoms with Gasteiger partial charge in [-0.1, -0.05) is 44.2 Å². The van der Waals surface area contributed by atoms with Gasteiger partial charge < -0.3 is 24.7 Å². The van der Waals surface area contributed by atoms with Crippen LogP contribution in [-0.4, -0.2) is 40.1 Å². The monoisotopic (exact) mass is 477 g/mol. The van der Waals surface area contributed by atoms with E-state index in [1.54, 1.807) is 12.3 Å². The van der Waals surface area contributed by atoms with Gasteiger partial charge in [0.05, 0.1) is 61.8 Å². The van der Waals surface area contributed by atoms with Crippen molar-refractivity contribution < 1.29 is 19.1 Å². The zero-order valence-electron chi connectivity index (χ0n) is 20.3. The van der Waals surface area contributed by atoms with Gasteiger partial charge in [0.2, 0.25) is 5.88 Å². The molecule has 2 atom stereocenters. The number of nitrogens with one attached hydrogen (secondary N) is 2. The molecule has 0 bridgehead atoms. The van der Waals surface area contributed by atoms with Crippen LogP contribution in [0, 0.1) is 0 Å². The lowest BCUT2D eigenvalue weighted by Crippen LogP contribution is -2.32. The van der Waals surface area contributed by atoms with Crippen LogP contribution >= 0.6 is 0 Å². The predicted octanol–water partition coefficient (Wildman–Crippen LogP) is 3.58. The molecule has 3 aromatic rings. The van der Waals surface area contributed by atoms with Gasteiger partial charge in [0.15, 0.2) is 0 Å². The van der Waals surface area contributed by atoms with Crippen molar-refractivity contribution in [3.63, 3.8) is 0 Å². The van der Waals surface area contributed by atoms with E-state index in [4.69, 9.17) is 9.47 Å². The van der Waals surface area contributed by atoms with Crippen LogP contribution in [0.25, 0.3) is 0 Å². The summed E-state index contributed by atoms with van der Waals surface area (Å²) in [5, 5.41) is 6.16. The minimum absolute atomic E-state index is 0.126.